The molecule has 0 heterocycles. The van der Waals surface area contributed by atoms with Gasteiger partial charge in [-0.25, -0.2) is 4.79 Å². The highest BCUT2D eigenvalue weighted by Crippen LogP contribution is 2.40. The van der Waals surface area contributed by atoms with Crippen LogP contribution in [0.4, 0.5) is 17.1 Å². The van der Waals surface area contributed by atoms with Crippen LogP contribution in [0.5, 0.6) is 0 Å². The number of nitrogens with one attached hydrogen (secondary N) is 1. The van der Waals surface area contributed by atoms with Crippen molar-refractivity contribution in [1.29, 1.82) is 0 Å². The average molecular weight is 495 g/mol. The fourth-order valence-corrected chi connectivity index (χ4v) is 4.46. The maximum Gasteiger partial charge on any atom is 0.338 e. The smallest absolute Gasteiger partial charge is 0.338 e. The number of esters is 1. The lowest BCUT2D eigenvalue weighted by Gasteiger charge is -2.23. The first-order chi connectivity index (χ1) is 16.5. The van der Waals surface area contributed by atoms with Crippen molar-refractivity contribution in [2.75, 3.05) is 17.7 Å². The Morgan fingerprint density at radius 1 is 1.00 bits per heavy atom. The molecule has 0 saturated heterocycles. The zero-order valence-corrected chi connectivity index (χ0v) is 19.7. The second-order valence-electron chi connectivity index (χ2n) is 8.46. The van der Waals surface area contributed by atoms with Gasteiger partial charge in [-0.3, -0.25) is 14.1 Å². The number of fused-ring (bicyclic) bond motifs is 2. The Balaban J connectivity index is 1.85. The van der Waals surface area contributed by atoms with Gasteiger partial charge in [-0.05, 0) is 30.2 Å². The number of nitrogen functional groups attached to an aromatic ring is 1. The van der Waals surface area contributed by atoms with Gasteiger partial charge in [0.05, 0.1) is 34.7 Å². The number of rotatable bonds is 6. The topological polar surface area (TPSA) is 153 Å². The number of benzene rings is 3. The molecule has 0 saturated carbocycles. The Bertz CT molecular complexity index is 1490. The van der Waals surface area contributed by atoms with Crippen LogP contribution in [-0.2, 0) is 14.9 Å². The van der Waals surface area contributed by atoms with Crippen molar-refractivity contribution >= 4 is 44.7 Å². The number of ketones is 2. The van der Waals surface area contributed by atoms with Gasteiger partial charge in [0.2, 0.25) is 0 Å². The molecule has 3 aromatic carbocycles. The molecular formula is C25H22N2O7S. The molecule has 0 unspecified atom stereocenters. The Labute approximate surface area is 201 Å². The summed E-state index contributed by atoms with van der Waals surface area (Å²) in [6.45, 7) is 4.03. The molecule has 0 amide bonds. The van der Waals surface area contributed by atoms with Gasteiger partial charge in [0.1, 0.15) is 4.90 Å². The largest absolute Gasteiger partial charge is 0.462 e. The molecule has 0 bridgehead atoms. The molecule has 9 nitrogen and oxygen atoms in total. The monoisotopic (exact) mass is 494 g/mol. The van der Waals surface area contributed by atoms with Gasteiger partial charge in [0.25, 0.3) is 10.1 Å². The average Bonchev–Trinajstić information content (AvgIpc) is 2.81. The maximum absolute atomic E-state index is 13.4. The van der Waals surface area contributed by atoms with Crippen molar-refractivity contribution in [3.63, 3.8) is 0 Å². The van der Waals surface area contributed by atoms with E-state index in [0.29, 0.717) is 5.69 Å². The van der Waals surface area contributed by atoms with Crippen LogP contribution in [-0.4, -0.2) is 37.1 Å². The first-order valence-electron chi connectivity index (χ1n) is 10.7. The van der Waals surface area contributed by atoms with E-state index in [1.807, 2.05) is 13.8 Å². The number of hydrogen-bond donors (Lipinski definition) is 3. The highest BCUT2D eigenvalue weighted by atomic mass is 32.2. The van der Waals surface area contributed by atoms with Gasteiger partial charge < -0.3 is 15.8 Å². The third kappa shape index (κ3) is 4.53. The number of anilines is 3. The van der Waals surface area contributed by atoms with Gasteiger partial charge in [-0.1, -0.05) is 44.2 Å². The standard InChI is InChI=1S/C25H22N2O7S/c1-13(2)12-34-25(30)14-6-5-7-15(10-14)27-18-11-19(35(31,32)33)22(26)21-20(18)23(28)16-8-3-4-9-17(16)24(21)29/h3-11,13,27H,12,26H2,1-2H3,(H,31,32,33). The fourth-order valence-electron chi connectivity index (χ4n) is 3.81. The number of nitrogens with two attached hydrogens (primary N) is 1. The predicted molar refractivity (Wildman–Crippen MR) is 129 cm³/mol. The SMILES string of the molecule is CC(C)COC(=O)c1cccc(Nc2cc(S(=O)(=O)O)c(N)c3c2C(=O)c2ccccc2C3=O)c1. The summed E-state index contributed by atoms with van der Waals surface area (Å²) in [6, 6.07) is 13.3. The van der Waals surface area contributed by atoms with Gasteiger partial charge in [-0.15, -0.1) is 0 Å². The van der Waals surface area contributed by atoms with Crippen LogP contribution in [0.3, 0.4) is 0 Å². The summed E-state index contributed by atoms with van der Waals surface area (Å²) in [7, 11) is -4.84. The third-order valence-electron chi connectivity index (χ3n) is 5.40. The van der Waals surface area contributed by atoms with Crippen molar-refractivity contribution in [3.05, 3.63) is 82.4 Å². The van der Waals surface area contributed by atoms with E-state index in [0.717, 1.165) is 6.07 Å². The molecule has 0 fully saturated rings. The van der Waals surface area contributed by atoms with Crippen LogP contribution in [0.2, 0.25) is 0 Å². The van der Waals surface area contributed by atoms with E-state index < -0.39 is 38.2 Å². The first-order valence-corrected chi connectivity index (χ1v) is 12.1. The lowest BCUT2D eigenvalue weighted by Crippen LogP contribution is -2.25. The molecule has 0 aliphatic heterocycles. The minimum atomic E-state index is -4.84. The van der Waals surface area contributed by atoms with Crippen LogP contribution in [0.15, 0.2) is 59.5 Å². The van der Waals surface area contributed by atoms with Gasteiger partial charge in [0.15, 0.2) is 11.6 Å². The Kier molecular flexibility index (Phi) is 6.18. The van der Waals surface area contributed by atoms with E-state index in [4.69, 9.17) is 10.5 Å². The number of ether oxygens (including phenoxy) is 1. The highest BCUT2D eigenvalue weighted by molar-refractivity contribution is 7.86. The fraction of sp³-hybridized carbons (Fsp3) is 0.160. The Morgan fingerprint density at radius 2 is 1.63 bits per heavy atom. The minimum absolute atomic E-state index is 0.0672. The summed E-state index contributed by atoms with van der Waals surface area (Å²) in [5.74, 6) is -1.60. The summed E-state index contributed by atoms with van der Waals surface area (Å²) in [5.41, 5.74) is 5.69. The lowest BCUT2D eigenvalue weighted by atomic mass is 9.82. The molecule has 1 aliphatic rings. The Morgan fingerprint density at radius 3 is 2.23 bits per heavy atom. The summed E-state index contributed by atoms with van der Waals surface area (Å²) < 4.78 is 39.1. The molecule has 180 valence electrons. The minimum Gasteiger partial charge on any atom is -0.462 e. The van der Waals surface area contributed by atoms with Crippen LogP contribution >= 0.6 is 0 Å². The van der Waals surface area contributed by atoms with Crippen molar-refractivity contribution in [3.8, 4) is 0 Å². The number of hydrogen-bond acceptors (Lipinski definition) is 8. The maximum atomic E-state index is 13.4. The van der Waals surface area contributed by atoms with Crippen LogP contribution in [0.1, 0.15) is 56.0 Å². The third-order valence-corrected chi connectivity index (χ3v) is 6.30. The van der Waals surface area contributed by atoms with Crippen LogP contribution < -0.4 is 11.1 Å². The molecule has 10 heteroatoms. The van der Waals surface area contributed by atoms with E-state index in [1.54, 1.807) is 30.3 Å². The molecule has 0 radical (unpaired) electrons. The summed E-state index contributed by atoms with van der Waals surface area (Å²) in [6.07, 6.45) is 0. The molecule has 35 heavy (non-hydrogen) atoms. The predicted octanol–water partition coefficient (Wildman–Crippen LogP) is 3.85. The molecular weight excluding hydrogens is 472 g/mol. The first kappa shape index (κ1) is 24.1. The number of carbonyl (C=O) groups excluding carboxylic acids is 3. The molecule has 0 spiro atoms. The van der Waals surface area contributed by atoms with Crippen molar-refractivity contribution in [2.45, 2.75) is 18.7 Å². The van der Waals surface area contributed by atoms with Crippen LogP contribution in [0.25, 0.3) is 0 Å². The van der Waals surface area contributed by atoms with Gasteiger partial charge in [0, 0.05) is 16.8 Å². The van der Waals surface area contributed by atoms with Crippen molar-refractivity contribution in [2.24, 2.45) is 5.92 Å². The molecule has 4 N–H and O–H groups in total. The molecule has 0 atom stereocenters. The van der Waals surface area contributed by atoms with Gasteiger partial charge >= 0.3 is 5.97 Å². The molecule has 3 aromatic rings. The van der Waals surface area contributed by atoms with Crippen molar-refractivity contribution in [1.82, 2.24) is 0 Å². The molecule has 4 rings (SSSR count). The summed E-state index contributed by atoms with van der Waals surface area (Å²) in [5, 5.41) is 2.90. The van der Waals surface area contributed by atoms with E-state index in [-0.39, 0.29) is 46.0 Å². The van der Waals surface area contributed by atoms with Gasteiger partial charge in [-0.2, -0.15) is 8.42 Å². The number of carbonyl (C=O) groups is 3. The molecule has 0 aromatic heterocycles. The van der Waals surface area contributed by atoms with Crippen molar-refractivity contribution < 1.29 is 32.1 Å². The zero-order chi connectivity index (χ0) is 25.5. The normalized spacial score (nSPS) is 12.8. The summed E-state index contributed by atoms with van der Waals surface area (Å²) in [4.78, 5) is 38.3. The van der Waals surface area contributed by atoms with E-state index in [9.17, 15) is 27.4 Å². The van der Waals surface area contributed by atoms with E-state index in [1.165, 1.54) is 18.2 Å². The quantitative estimate of drug-likeness (QED) is 0.206. The van der Waals surface area contributed by atoms with E-state index in [2.05, 4.69) is 5.32 Å². The second kappa shape index (κ2) is 8.97. The summed E-state index contributed by atoms with van der Waals surface area (Å²) >= 11 is 0. The zero-order valence-electron chi connectivity index (χ0n) is 18.9. The lowest BCUT2D eigenvalue weighted by molar-refractivity contribution is 0.0459. The highest BCUT2D eigenvalue weighted by Gasteiger charge is 2.36. The molecule has 1 aliphatic carbocycles. The second-order valence-corrected chi connectivity index (χ2v) is 9.85. The van der Waals surface area contributed by atoms with Crippen LogP contribution in [0, 0.1) is 5.92 Å². The van der Waals surface area contributed by atoms with E-state index >= 15 is 0 Å². The Hall–Kier alpha value is -4.02.